The van der Waals surface area contributed by atoms with Gasteiger partial charge in [-0.15, -0.1) is 0 Å². The third-order valence-corrected chi connectivity index (χ3v) is 4.25. The Morgan fingerprint density at radius 1 is 0.667 bits per heavy atom. The van der Waals surface area contributed by atoms with Crippen molar-refractivity contribution in [2.45, 2.75) is 5.41 Å². The van der Waals surface area contributed by atoms with E-state index in [1.165, 1.54) is 0 Å². The number of rotatable bonds is 4. The van der Waals surface area contributed by atoms with Crippen molar-refractivity contribution >= 4 is 15.4 Å². The summed E-state index contributed by atoms with van der Waals surface area (Å²) >= 11 is 0. The van der Waals surface area contributed by atoms with Crippen LogP contribution in [0.15, 0.2) is 91.0 Å². The monoisotopic (exact) mass is 426 g/mol. The van der Waals surface area contributed by atoms with E-state index >= 15 is 0 Å². The Morgan fingerprint density at radius 3 is 1.21 bits per heavy atom. The van der Waals surface area contributed by atoms with Gasteiger partial charge < -0.3 is 4.52 Å². The molecular weight excluding hydrogens is 410 g/mol. The quantitative estimate of drug-likeness (QED) is 0.352. The SMILES string of the molecule is O=C(OP)C(c1ccccc1)(c1ccccc1)c1ccccc1.[Pd]. The summed E-state index contributed by atoms with van der Waals surface area (Å²) in [5.41, 5.74) is 1.64. The first-order valence-corrected chi connectivity index (χ1v) is 7.85. The fraction of sp³-hybridized carbons (Fsp3) is 0.0500. The minimum atomic E-state index is -0.995. The topological polar surface area (TPSA) is 26.3 Å². The molecule has 0 aliphatic heterocycles. The van der Waals surface area contributed by atoms with Crippen LogP contribution in [-0.2, 0) is 35.2 Å². The second-order valence-corrected chi connectivity index (χ2v) is 5.49. The first-order valence-electron chi connectivity index (χ1n) is 7.38. The molecule has 0 amide bonds. The average Bonchev–Trinajstić information content (AvgIpc) is 2.65. The van der Waals surface area contributed by atoms with Gasteiger partial charge in [-0.25, -0.2) is 0 Å². The average molecular weight is 427 g/mol. The van der Waals surface area contributed by atoms with Gasteiger partial charge in [-0.05, 0) is 16.7 Å². The van der Waals surface area contributed by atoms with Crippen LogP contribution in [0.3, 0.4) is 0 Å². The Hall–Kier alpha value is -1.78. The summed E-state index contributed by atoms with van der Waals surface area (Å²) in [5, 5.41) is 0. The maximum absolute atomic E-state index is 13.0. The van der Waals surface area contributed by atoms with Crippen LogP contribution in [0.1, 0.15) is 16.7 Å². The van der Waals surface area contributed by atoms with Gasteiger partial charge >= 0.3 is 5.97 Å². The molecule has 2 nitrogen and oxygen atoms in total. The Balaban J connectivity index is 0.00000208. The number of hydrogen-bond acceptors (Lipinski definition) is 2. The normalized spacial score (nSPS) is 10.5. The van der Waals surface area contributed by atoms with Gasteiger partial charge in [-0.3, -0.25) is 4.79 Å². The molecule has 0 radical (unpaired) electrons. The van der Waals surface area contributed by atoms with Crippen molar-refractivity contribution in [2.24, 2.45) is 0 Å². The first-order chi connectivity index (χ1) is 11.3. The standard InChI is InChI=1S/C20H17O2P.Pd/c21-19(22-23)20(16-10-4-1-5-11-16,17-12-6-2-7-13-17)18-14-8-3-9-15-18;/h1-15H,23H2;. The van der Waals surface area contributed by atoms with Crippen LogP contribution in [0.2, 0.25) is 0 Å². The van der Waals surface area contributed by atoms with E-state index in [1.807, 2.05) is 91.0 Å². The van der Waals surface area contributed by atoms with Crippen LogP contribution in [-0.4, -0.2) is 5.97 Å². The summed E-state index contributed by atoms with van der Waals surface area (Å²) in [5.74, 6) is -0.328. The second kappa shape index (κ2) is 8.36. The maximum atomic E-state index is 13.0. The fourth-order valence-corrected chi connectivity index (χ4v) is 3.18. The molecule has 0 spiro atoms. The van der Waals surface area contributed by atoms with Crippen molar-refractivity contribution in [1.82, 2.24) is 0 Å². The summed E-state index contributed by atoms with van der Waals surface area (Å²) in [7, 11) is 2.08. The van der Waals surface area contributed by atoms with Crippen molar-refractivity contribution in [2.75, 3.05) is 0 Å². The molecule has 1 unspecified atom stereocenters. The second-order valence-electron chi connectivity index (χ2n) is 5.25. The molecule has 1 atom stereocenters. The zero-order valence-corrected chi connectivity index (χ0v) is 15.6. The van der Waals surface area contributed by atoms with Crippen LogP contribution < -0.4 is 0 Å². The first kappa shape index (κ1) is 18.6. The van der Waals surface area contributed by atoms with E-state index in [0.717, 1.165) is 16.7 Å². The van der Waals surface area contributed by atoms with Crippen LogP contribution in [0, 0.1) is 0 Å². The third-order valence-electron chi connectivity index (χ3n) is 4.03. The van der Waals surface area contributed by atoms with E-state index in [0.29, 0.717) is 0 Å². The predicted octanol–water partition coefficient (Wildman–Crippen LogP) is 4.35. The minimum Gasteiger partial charge on any atom is -0.450 e. The van der Waals surface area contributed by atoms with Crippen LogP contribution in [0.25, 0.3) is 0 Å². The molecule has 124 valence electrons. The van der Waals surface area contributed by atoms with E-state index in [1.54, 1.807) is 0 Å². The van der Waals surface area contributed by atoms with Gasteiger partial charge in [0.2, 0.25) is 0 Å². The number of carbonyl (C=O) groups excluding carboxylic acids is 1. The van der Waals surface area contributed by atoms with E-state index < -0.39 is 5.41 Å². The predicted molar refractivity (Wildman–Crippen MR) is 95.0 cm³/mol. The van der Waals surface area contributed by atoms with Crippen LogP contribution in [0.5, 0.6) is 0 Å². The van der Waals surface area contributed by atoms with Gasteiger partial charge in [0.15, 0.2) is 0 Å². The summed E-state index contributed by atoms with van der Waals surface area (Å²) in [6.07, 6.45) is 0. The molecule has 0 saturated carbocycles. The minimum absolute atomic E-state index is 0. The molecular formula is C20H17O2PPd. The van der Waals surface area contributed by atoms with E-state index in [2.05, 4.69) is 9.47 Å². The smallest absolute Gasteiger partial charge is 0.327 e. The molecule has 0 heterocycles. The molecule has 0 aromatic heterocycles. The van der Waals surface area contributed by atoms with E-state index in [-0.39, 0.29) is 26.4 Å². The molecule has 0 N–H and O–H groups in total. The molecule has 4 heteroatoms. The molecule has 0 saturated heterocycles. The van der Waals surface area contributed by atoms with Crippen molar-refractivity contribution in [3.05, 3.63) is 108 Å². The van der Waals surface area contributed by atoms with Crippen LogP contribution in [0.4, 0.5) is 0 Å². The number of carbonyl (C=O) groups is 1. The van der Waals surface area contributed by atoms with Gasteiger partial charge in [0.05, 0.1) is 9.47 Å². The maximum Gasteiger partial charge on any atom is 0.327 e. The molecule has 0 aliphatic carbocycles. The Kier molecular flexibility index (Phi) is 6.46. The van der Waals surface area contributed by atoms with Crippen molar-refractivity contribution < 1.29 is 29.7 Å². The van der Waals surface area contributed by atoms with Gasteiger partial charge in [0, 0.05) is 20.4 Å². The van der Waals surface area contributed by atoms with Crippen molar-refractivity contribution in [3.63, 3.8) is 0 Å². The number of hydrogen-bond donors (Lipinski definition) is 0. The molecule has 3 rings (SSSR count). The summed E-state index contributed by atoms with van der Waals surface area (Å²) < 4.78 is 5.16. The molecule has 0 bridgehead atoms. The van der Waals surface area contributed by atoms with Gasteiger partial charge in [0.25, 0.3) is 0 Å². The fourth-order valence-electron chi connectivity index (χ4n) is 3.01. The molecule has 3 aromatic carbocycles. The van der Waals surface area contributed by atoms with E-state index in [4.69, 9.17) is 4.52 Å². The Morgan fingerprint density at radius 2 is 0.958 bits per heavy atom. The van der Waals surface area contributed by atoms with E-state index in [9.17, 15) is 4.79 Å². The third kappa shape index (κ3) is 3.21. The largest absolute Gasteiger partial charge is 0.450 e. The molecule has 24 heavy (non-hydrogen) atoms. The van der Waals surface area contributed by atoms with Crippen molar-refractivity contribution in [3.8, 4) is 0 Å². The van der Waals surface area contributed by atoms with Gasteiger partial charge in [0.1, 0.15) is 5.41 Å². The molecule has 0 aliphatic rings. The Labute approximate surface area is 158 Å². The molecule has 3 aromatic rings. The molecule has 0 fully saturated rings. The van der Waals surface area contributed by atoms with Crippen molar-refractivity contribution in [1.29, 1.82) is 0 Å². The Bertz CT molecular complexity index is 680. The van der Waals surface area contributed by atoms with Gasteiger partial charge in [-0.2, -0.15) is 0 Å². The summed E-state index contributed by atoms with van der Waals surface area (Å²) in [4.78, 5) is 13.0. The van der Waals surface area contributed by atoms with Gasteiger partial charge in [-0.1, -0.05) is 91.0 Å². The summed E-state index contributed by atoms with van der Waals surface area (Å²) in [6.45, 7) is 0. The van der Waals surface area contributed by atoms with Crippen LogP contribution >= 0.6 is 9.47 Å². The summed E-state index contributed by atoms with van der Waals surface area (Å²) in [6, 6.07) is 29.2. The zero-order chi connectivity index (χ0) is 16.1. The number of benzene rings is 3. The zero-order valence-electron chi connectivity index (χ0n) is 12.9.